The number of likely N-dealkylation sites (tertiary alicyclic amines) is 1. The minimum atomic E-state index is 0.0977. The third-order valence-corrected chi connectivity index (χ3v) is 5.48. The number of rotatable bonds is 3. The topological polar surface area (TPSA) is 46.3 Å². The summed E-state index contributed by atoms with van der Waals surface area (Å²) >= 11 is 6.08. The highest BCUT2D eigenvalue weighted by Crippen LogP contribution is 2.28. The lowest BCUT2D eigenvalue weighted by atomic mass is 9.85. The minimum absolute atomic E-state index is 0.0977. The number of halogens is 1. The number of hydrogen-bond acceptors (Lipinski definition) is 2. The molecule has 1 aliphatic heterocycles. The zero-order valence-corrected chi connectivity index (χ0v) is 14.5. The van der Waals surface area contributed by atoms with Crippen molar-refractivity contribution < 1.29 is 4.79 Å². The van der Waals surface area contributed by atoms with Gasteiger partial charge >= 0.3 is 0 Å². The van der Waals surface area contributed by atoms with Gasteiger partial charge in [0.1, 0.15) is 0 Å². The van der Waals surface area contributed by atoms with Gasteiger partial charge in [0.25, 0.3) is 0 Å². The summed E-state index contributed by atoms with van der Waals surface area (Å²) in [6.07, 6.45) is 7.72. The number of piperidine rings is 1. The van der Waals surface area contributed by atoms with Crippen molar-refractivity contribution >= 4 is 17.5 Å². The maximum atomic E-state index is 12.8. The molecule has 2 fully saturated rings. The van der Waals surface area contributed by atoms with Crippen LogP contribution in [0.1, 0.15) is 44.1 Å². The Labute approximate surface area is 144 Å². The van der Waals surface area contributed by atoms with Crippen LogP contribution >= 0.6 is 11.6 Å². The molecule has 1 amide bonds. The predicted octanol–water partition coefficient (Wildman–Crippen LogP) is 3.64. The fourth-order valence-electron chi connectivity index (χ4n) is 4.18. The third-order valence-electron chi connectivity index (χ3n) is 5.25. The van der Waals surface area contributed by atoms with Gasteiger partial charge in [-0.15, -0.1) is 0 Å². The standard InChI is InChI=1S/C19H27ClN2O/c20-17-8-4-5-14(10-17)9-15-11-18(21)13-22(12-15)19(23)16-6-2-1-3-7-16/h4-5,8,10,15-16,18H,1-3,6-7,9,11-13,21H2. The van der Waals surface area contributed by atoms with Gasteiger partial charge in [-0.2, -0.15) is 0 Å². The van der Waals surface area contributed by atoms with Crippen molar-refractivity contribution in [3.63, 3.8) is 0 Å². The molecule has 2 atom stereocenters. The van der Waals surface area contributed by atoms with Crippen molar-refractivity contribution in [3.05, 3.63) is 34.9 Å². The first-order valence-electron chi connectivity index (χ1n) is 8.90. The summed E-state index contributed by atoms with van der Waals surface area (Å²) in [5.41, 5.74) is 7.48. The largest absolute Gasteiger partial charge is 0.341 e. The Bertz CT molecular complexity index is 542. The second kappa shape index (κ2) is 7.67. The maximum absolute atomic E-state index is 12.8. The van der Waals surface area contributed by atoms with Crippen molar-refractivity contribution in [3.8, 4) is 0 Å². The molecule has 1 saturated heterocycles. The summed E-state index contributed by atoms with van der Waals surface area (Å²) in [4.78, 5) is 14.8. The molecule has 2 aliphatic rings. The summed E-state index contributed by atoms with van der Waals surface area (Å²) in [7, 11) is 0. The summed E-state index contributed by atoms with van der Waals surface area (Å²) in [5.74, 6) is 1.02. The van der Waals surface area contributed by atoms with E-state index in [-0.39, 0.29) is 12.0 Å². The molecule has 4 heteroatoms. The molecule has 2 N–H and O–H groups in total. The molecule has 23 heavy (non-hydrogen) atoms. The van der Waals surface area contributed by atoms with Crippen LogP contribution in [0.15, 0.2) is 24.3 Å². The molecule has 0 spiro atoms. The first-order chi connectivity index (χ1) is 11.1. The van der Waals surface area contributed by atoms with E-state index in [9.17, 15) is 4.79 Å². The predicted molar refractivity (Wildman–Crippen MR) is 94.4 cm³/mol. The van der Waals surface area contributed by atoms with Gasteiger partial charge in [0.05, 0.1) is 0 Å². The van der Waals surface area contributed by atoms with E-state index in [4.69, 9.17) is 17.3 Å². The van der Waals surface area contributed by atoms with E-state index in [1.807, 2.05) is 23.1 Å². The zero-order valence-electron chi connectivity index (χ0n) is 13.7. The lowest BCUT2D eigenvalue weighted by Gasteiger charge is -2.38. The SMILES string of the molecule is NC1CC(Cc2cccc(Cl)c2)CN(C(=O)C2CCCCC2)C1. The second-order valence-electron chi connectivity index (χ2n) is 7.27. The minimum Gasteiger partial charge on any atom is -0.341 e. The molecule has 0 aromatic heterocycles. The van der Waals surface area contributed by atoms with Gasteiger partial charge in [-0.1, -0.05) is 43.0 Å². The Kier molecular flexibility index (Phi) is 5.60. The fraction of sp³-hybridized carbons (Fsp3) is 0.632. The number of carbonyl (C=O) groups excluding carboxylic acids is 1. The van der Waals surface area contributed by atoms with Crippen molar-refractivity contribution in [2.75, 3.05) is 13.1 Å². The van der Waals surface area contributed by atoms with E-state index in [1.165, 1.54) is 24.8 Å². The maximum Gasteiger partial charge on any atom is 0.225 e. The van der Waals surface area contributed by atoms with Crippen LogP contribution in [0.5, 0.6) is 0 Å². The van der Waals surface area contributed by atoms with E-state index in [2.05, 4.69) is 6.07 Å². The average molecular weight is 335 g/mol. The quantitative estimate of drug-likeness (QED) is 0.917. The normalized spacial score (nSPS) is 26.3. The molecule has 126 valence electrons. The van der Waals surface area contributed by atoms with Gasteiger partial charge in [-0.05, 0) is 49.3 Å². The number of hydrogen-bond donors (Lipinski definition) is 1. The smallest absolute Gasteiger partial charge is 0.225 e. The van der Waals surface area contributed by atoms with E-state index >= 15 is 0 Å². The van der Waals surface area contributed by atoms with Crippen LogP contribution in [-0.4, -0.2) is 29.9 Å². The Hall–Kier alpha value is -1.06. The summed E-state index contributed by atoms with van der Waals surface area (Å²) < 4.78 is 0. The van der Waals surface area contributed by atoms with Gasteiger partial charge < -0.3 is 10.6 Å². The van der Waals surface area contributed by atoms with Crippen LogP contribution in [0.4, 0.5) is 0 Å². The third kappa shape index (κ3) is 4.48. The van der Waals surface area contributed by atoms with Gasteiger partial charge in [0.2, 0.25) is 5.91 Å². The number of amides is 1. The number of benzene rings is 1. The molecular formula is C19H27ClN2O. The molecule has 2 unspecified atom stereocenters. The molecule has 0 radical (unpaired) electrons. The number of carbonyl (C=O) groups is 1. The van der Waals surface area contributed by atoms with Gasteiger partial charge in [0, 0.05) is 30.1 Å². The van der Waals surface area contributed by atoms with E-state index in [0.29, 0.717) is 11.8 Å². The molecule has 3 nitrogen and oxygen atoms in total. The summed E-state index contributed by atoms with van der Waals surface area (Å²) in [6, 6.07) is 8.12. The zero-order chi connectivity index (χ0) is 16.2. The second-order valence-corrected chi connectivity index (χ2v) is 7.71. The molecule has 0 bridgehead atoms. The van der Waals surface area contributed by atoms with Gasteiger partial charge in [-0.25, -0.2) is 0 Å². The number of nitrogens with two attached hydrogens (primary N) is 1. The molecule has 1 heterocycles. The molecule has 1 aliphatic carbocycles. The monoisotopic (exact) mass is 334 g/mol. The highest BCUT2D eigenvalue weighted by molar-refractivity contribution is 6.30. The Morgan fingerprint density at radius 1 is 1.22 bits per heavy atom. The van der Waals surface area contributed by atoms with Crippen LogP contribution in [0.2, 0.25) is 5.02 Å². The van der Waals surface area contributed by atoms with E-state index in [0.717, 1.165) is 43.8 Å². The van der Waals surface area contributed by atoms with Gasteiger partial charge in [0.15, 0.2) is 0 Å². The molecule has 1 aromatic rings. The Balaban J connectivity index is 1.63. The lowest BCUT2D eigenvalue weighted by molar-refractivity contribution is -0.138. The molecule has 1 aromatic carbocycles. The van der Waals surface area contributed by atoms with Crippen LogP contribution in [-0.2, 0) is 11.2 Å². The Morgan fingerprint density at radius 2 is 2.00 bits per heavy atom. The average Bonchev–Trinajstić information content (AvgIpc) is 2.54. The van der Waals surface area contributed by atoms with Crippen LogP contribution in [0, 0.1) is 11.8 Å². The van der Waals surface area contributed by atoms with Crippen LogP contribution < -0.4 is 5.73 Å². The Morgan fingerprint density at radius 3 is 2.74 bits per heavy atom. The number of nitrogens with zero attached hydrogens (tertiary/aromatic N) is 1. The molecule has 1 saturated carbocycles. The molecular weight excluding hydrogens is 308 g/mol. The van der Waals surface area contributed by atoms with Crippen molar-refractivity contribution in [1.29, 1.82) is 0 Å². The van der Waals surface area contributed by atoms with Gasteiger partial charge in [-0.3, -0.25) is 4.79 Å². The molecule has 3 rings (SSSR count). The van der Waals surface area contributed by atoms with Crippen LogP contribution in [0.3, 0.4) is 0 Å². The van der Waals surface area contributed by atoms with E-state index < -0.39 is 0 Å². The van der Waals surface area contributed by atoms with Crippen molar-refractivity contribution in [2.24, 2.45) is 17.6 Å². The first-order valence-corrected chi connectivity index (χ1v) is 9.28. The van der Waals surface area contributed by atoms with Crippen molar-refractivity contribution in [2.45, 2.75) is 51.0 Å². The summed E-state index contributed by atoms with van der Waals surface area (Å²) in [5, 5.41) is 0.776. The van der Waals surface area contributed by atoms with Crippen molar-refractivity contribution in [1.82, 2.24) is 4.90 Å². The highest BCUT2D eigenvalue weighted by Gasteiger charge is 2.32. The first kappa shape index (κ1) is 16.8. The van der Waals surface area contributed by atoms with Crippen LogP contribution in [0.25, 0.3) is 0 Å². The summed E-state index contributed by atoms with van der Waals surface area (Å²) in [6.45, 7) is 1.57. The fourth-order valence-corrected chi connectivity index (χ4v) is 4.39. The highest BCUT2D eigenvalue weighted by atomic mass is 35.5. The lowest BCUT2D eigenvalue weighted by Crippen LogP contribution is -2.51. The van der Waals surface area contributed by atoms with E-state index in [1.54, 1.807) is 0 Å².